The van der Waals surface area contributed by atoms with Gasteiger partial charge in [-0.05, 0) is 31.2 Å². The van der Waals surface area contributed by atoms with Crippen LogP contribution in [0.2, 0.25) is 4.34 Å². The Labute approximate surface area is 127 Å². The molecule has 0 aliphatic heterocycles. The van der Waals surface area contributed by atoms with E-state index in [4.69, 9.17) is 16.3 Å². The number of carbonyl (C=O) groups excluding carboxylic acids is 1. The minimum Gasteiger partial charge on any atom is -0.374 e. The van der Waals surface area contributed by atoms with Crippen molar-refractivity contribution in [2.45, 2.75) is 13.0 Å². The second-order valence-corrected chi connectivity index (χ2v) is 6.19. The molecule has 0 saturated heterocycles. The van der Waals surface area contributed by atoms with E-state index < -0.39 is 0 Å². The molecule has 0 bridgehead atoms. The summed E-state index contributed by atoms with van der Waals surface area (Å²) in [6.07, 6.45) is -0.179. The smallest absolute Gasteiger partial charge is 0.251 e. The minimum atomic E-state index is -0.179. The summed E-state index contributed by atoms with van der Waals surface area (Å²) in [7, 11) is 1.62. The highest BCUT2D eigenvalue weighted by Gasteiger charge is 2.14. The molecule has 1 N–H and O–H groups in total. The van der Waals surface area contributed by atoms with E-state index in [0.29, 0.717) is 16.4 Å². The number of halogens is 1. The number of carbonyl (C=O) groups is 1. The van der Waals surface area contributed by atoms with Crippen molar-refractivity contribution in [2.75, 3.05) is 13.7 Å². The molecule has 3 nitrogen and oxygen atoms in total. The van der Waals surface area contributed by atoms with E-state index in [-0.39, 0.29) is 12.0 Å². The Hall–Kier alpha value is -1.36. The molecule has 0 radical (unpaired) electrons. The van der Waals surface area contributed by atoms with Crippen LogP contribution in [-0.2, 0) is 4.74 Å². The molecule has 0 aliphatic rings. The fourth-order valence-electron chi connectivity index (χ4n) is 1.79. The Kier molecular flexibility index (Phi) is 5.17. The number of rotatable bonds is 5. The zero-order valence-corrected chi connectivity index (χ0v) is 12.9. The summed E-state index contributed by atoms with van der Waals surface area (Å²) >= 11 is 7.37. The van der Waals surface area contributed by atoms with E-state index in [2.05, 4.69) is 5.32 Å². The molecule has 2 rings (SSSR count). The Morgan fingerprint density at radius 2 is 2.00 bits per heavy atom. The van der Waals surface area contributed by atoms with Crippen LogP contribution >= 0.6 is 22.9 Å². The molecule has 1 aromatic carbocycles. The number of ether oxygens (including phenoxy) is 1. The highest BCUT2D eigenvalue weighted by atomic mass is 35.5. The maximum atomic E-state index is 12.0. The first-order valence-corrected chi connectivity index (χ1v) is 7.42. The van der Waals surface area contributed by atoms with E-state index in [1.165, 1.54) is 11.3 Å². The van der Waals surface area contributed by atoms with Crippen LogP contribution in [0.3, 0.4) is 0 Å². The number of aryl methyl sites for hydroxylation is 1. The molecule has 1 heterocycles. The summed E-state index contributed by atoms with van der Waals surface area (Å²) in [5, 5.41) is 2.88. The molecule has 106 valence electrons. The molecule has 0 spiro atoms. The Morgan fingerprint density at radius 1 is 1.30 bits per heavy atom. The highest BCUT2D eigenvalue weighted by Crippen LogP contribution is 2.28. The lowest BCUT2D eigenvalue weighted by Crippen LogP contribution is -2.28. The molecule has 20 heavy (non-hydrogen) atoms. The van der Waals surface area contributed by atoms with Crippen molar-refractivity contribution < 1.29 is 9.53 Å². The SMILES string of the molecule is COC(CNC(=O)c1ccc(C)cc1)c1ccc(Cl)s1. The Balaban J connectivity index is 1.96. The number of amides is 1. The average molecular weight is 310 g/mol. The predicted molar refractivity (Wildman–Crippen MR) is 82.6 cm³/mol. The summed E-state index contributed by atoms with van der Waals surface area (Å²) in [5.41, 5.74) is 1.78. The van der Waals surface area contributed by atoms with E-state index in [1.807, 2.05) is 43.3 Å². The summed E-state index contributed by atoms with van der Waals surface area (Å²) in [4.78, 5) is 13.0. The lowest BCUT2D eigenvalue weighted by Gasteiger charge is -2.14. The van der Waals surface area contributed by atoms with Crippen LogP contribution in [0.1, 0.15) is 26.9 Å². The average Bonchev–Trinajstić information content (AvgIpc) is 2.86. The molecule has 1 unspecified atom stereocenters. The monoisotopic (exact) mass is 309 g/mol. The van der Waals surface area contributed by atoms with Crippen molar-refractivity contribution >= 4 is 28.8 Å². The molecule has 2 aromatic rings. The third-order valence-corrected chi connectivity index (χ3v) is 4.28. The van der Waals surface area contributed by atoms with Gasteiger partial charge in [-0.3, -0.25) is 4.79 Å². The van der Waals surface area contributed by atoms with Crippen molar-refractivity contribution in [3.63, 3.8) is 0 Å². The lowest BCUT2D eigenvalue weighted by atomic mass is 10.1. The minimum absolute atomic E-state index is 0.102. The van der Waals surface area contributed by atoms with Crippen molar-refractivity contribution in [1.29, 1.82) is 0 Å². The topological polar surface area (TPSA) is 38.3 Å². The summed E-state index contributed by atoms with van der Waals surface area (Å²) < 4.78 is 6.11. The number of benzene rings is 1. The molecule has 0 aliphatic carbocycles. The largest absolute Gasteiger partial charge is 0.374 e. The molecule has 0 fully saturated rings. The number of thiophene rings is 1. The molecule has 1 amide bonds. The molecule has 5 heteroatoms. The van der Waals surface area contributed by atoms with E-state index >= 15 is 0 Å². The molecule has 0 saturated carbocycles. The van der Waals surface area contributed by atoms with Crippen molar-refractivity contribution in [2.24, 2.45) is 0 Å². The van der Waals surface area contributed by atoms with Crippen LogP contribution in [0.4, 0.5) is 0 Å². The third kappa shape index (κ3) is 3.82. The van der Waals surface area contributed by atoms with Gasteiger partial charge < -0.3 is 10.1 Å². The van der Waals surface area contributed by atoms with Gasteiger partial charge in [-0.25, -0.2) is 0 Å². The van der Waals surface area contributed by atoms with E-state index in [0.717, 1.165) is 10.4 Å². The van der Waals surface area contributed by atoms with Gasteiger partial charge in [0, 0.05) is 24.1 Å². The van der Waals surface area contributed by atoms with E-state index in [1.54, 1.807) is 7.11 Å². The quantitative estimate of drug-likeness (QED) is 0.911. The predicted octanol–water partition coefficient (Wildman–Crippen LogP) is 3.83. The first kappa shape index (κ1) is 15.0. The first-order valence-electron chi connectivity index (χ1n) is 6.23. The van der Waals surface area contributed by atoms with E-state index in [9.17, 15) is 4.79 Å². The normalized spacial score (nSPS) is 12.2. The van der Waals surface area contributed by atoms with Crippen molar-refractivity contribution in [1.82, 2.24) is 5.32 Å². The standard InChI is InChI=1S/C15H16ClNO2S/c1-10-3-5-11(6-4-10)15(18)17-9-12(19-2)13-7-8-14(16)20-13/h3-8,12H,9H2,1-2H3,(H,17,18). The zero-order chi connectivity index (χ0) is 14.5. The van der Waals surface area contributed by atoms with Gasteiger partial charge in [-0.15, -0.1) is 11.3 Å². The van der Waals surface area contributed by atoms with Crippen LogP contribution in [0.5, 0.6) is 0 Å². The van der Waals surface area contributed by atoms with Crippen molar-refractivity contribution in [3.05, 3.63) is 56.7 Å². The highest BCUT2D eigenvalue weighted by molar-refractivity contribution is 7.16. The maximum Gasteiger partial charge on any atom is 0.251 e. The van der Waals surface area contributed by atoms with Gasteiger partial charge in [-0.1, -0.05) is 29.3 Å². The first-order chi connectivity index (χ1) is 9.60. The van der Waals surface area contributed by atoms with Gasteiger partial charge in [0.15, 0.2) is 0 Å². The van der Waals surface area contributed by atoms with Crippen LogP contribution in [0, 0.1) is 6.92 Å². The zero-order valence-electron chi connectivity index (χ0n) is 11.4. The number of nitrogens with one attached hydrogen (secondary N) is 1. The second kappa shape index (κ2) is 6.88. The molecule has 1 aromatic heterocycles. The van der Waals surface area contributed by atoms with Crippen LogP contribution in [0.25, 0.3) is 0 Å². The molecular formula is C15H16ClNO2S. The lowest BCUT2D eigenvalue weighted by molar-refractivity contribution is 0.0837. The Bertz CT molecular complexity index is 580. The van der Waals surface area contributed by atoms with Gasteiger partial charge in [0.2, 0.25) is 0 Å². The summed E-state index contributed by atoms with van der Waals surface area (Å²) in [5.74, 6) is -0.102. The molecule has 1 atom stereocenters. The Morgan fingerprint density at radius 3 is 2.55 bits per heavy atom. The van der Waals surface area contributed by atoms with Gasteiger partial charge in [-0.2, -0.15) is 0 Å². The van der Waals surface area contributed by atoms with Gasteiger partial charge >= 0.3 is 0 Å². The fraction of sp³-hybridized carbons (Fsp3) is 0.267. The number of methoxy groups -OCH3 is 1. The summed E-state index contributed by atoms with van der Waals surface area (Å²) in [6, 6.07) is 11.2. The van der Waals surface area contributed by atoms with Crippen LogP contribution in [-0.4, -0.2) is 19.6 Å². The maximum absolute atomic E-state index is 12.0. The third-order valence-electron chi connectivity index (χ3n) is 2.96. The van der Waals surface area contributed by atoms with Crippen LogP contribution in [0.15, 0.2) is 36.4 Å². The fourth-order valence-corrected chi connectivity index (χ4v) is 2.93. The second-order valence-electron chi connectivity index (χ2n) is 4.44. The molecular weight excluding hydrogens is 294 g/mol. The number of hydrogen-bond acceptors (Lipinski definition) is 3. The van der Waals surface area contributed by atoms with Gasteiger partial charge in [0.1, 0.15) is 6.10 Å². The summed E-state index contributed by atoms with van der Waals surface area (Å²) in [6.45, 7) is 2.41. The van der Waals surface area contributed by atoms with Gasteiger partial charge in [0.25, 0.3) is 5.91 Å². The number of hydrogen-bond donors (Lipinski definition) is 1. The van der Waals surface area contributed by atoms with Crippen molar-refractivity contribution in [3.8, 4) is 0 Å². The van der Waals surface area contributed by atoms with Gasteiger partial charge in [0.05, 0.1) is 4.34 Å². The van der Waals surface area contributed by atoms with Crippen LogP contribution < -0.4 is 5.32 Å².